The predicted molar refractivity (Wildman–Crippen MR) is 128 cm³/mol. The predicted octanol–water partition coefficient (Wildman–Crippen LogP) is 5.10. The summed E-state index contributed by atoms with van der Waals surface area (Å²) in [5.41, 5.74) is 4.92. The van der Waals surface area contributed by atoms with Gasteiger partial charge in [0.2, 0.25) is 5.88 Å². The maximum Gasteiger partial charge on any atom is 0.255 e. The van der Waals surface area contributed by atoms with Crippen molar-refractivity contribution in [3.63, 3.8) is 0 Å². The number of pyridine rings is 1. The van der Waals surface area contributed by atoms with Crippen molar-refractivity contribution >= 4 is 5.91 Å². The zero-order valence-electron chi connectivity index (χ0n) is 18.6. The van der Waals surface area contributed by atoms with E-state index in [9.17, 15) is 4.79 Å². The smallest absolute Gasteiger partial charge is 0.255 e. The summed E-state index contributed by atoms with van der Waals surface area (Å²) in [7, 11) is 1.57. The number of carbonyl (C=O) groups is 1. The van der Waals surface area contributed by atoms with Crippen molar-refractivity contribution in [3.05, 3.63) is 90.6 Å². The molecule has 4 aromatic rings. The zero-order chi connectivity index (χ0) is 22.6. The lowest BCUT2D eigenvalue weighted by molar-refractivity contribution is 0.0690. The van der Waals surface area contributed by atoms with Crippen molar-refractivity contribution < 1.29 is 9.53 Å². The van der Waals surface area contributed by atoms with Gasteiger partial charge in [0.1, 0.15) is 0 Å². The van der Waals surface area contributed by atoms with Crippen LogP contribution in [0.1, 0.15) is 29.2 Å². The fraction of sp³-hybridized carbons (Fsp3) is 0.222. The van der Waals surface area contributed by atoms with Gasteiger partial charge < -0.3 is 9.64 Å². The molecule has 0 spiro atoms. The molecule has 1 amide bonds. The molecule has 6 heteroatoms. The monoisotopic (exact) mass is 438 g/mol. The molecule has 0 aliphatic carbocycles. The molecule has 0 saturated carbocycles. The van der Waals surface area contributed by atoms with Crippen molar-refractivity contribution in [2.24, 2.45) is 0 Å². The van der Waals surface area contributed by atoms with Crippen molar-refractivity contribution in [2.45, 2.75) is 18.9 Å². The van der Waals surface area contributed by atoms with E-state index < -0.39 is 0 Å². The average Bonchev–Trinajstić information content (AvgIpc) is 3.35. The molecule has 2 aromatic heterocycles. The Kier molecular flexibility index (Phi) is 5.89. The van der Waals surface area contributed by atoms with Crippen molar-refractivity contribution in [2.75, 3.05) is 20.2 Å². The van der Waals surface area contributed by atoms with Crippen LogP contribution in [0, 0.1) is 0 Å². The molecule has 0 unspecified atom stereocenters. The lowest BCUT2D eigenvalue weighted by Gasteiger charge is -2.33. The second kappa shape index (κ2) is 9.28. The number of hydrogen-bond acceptors (Lipinski definition) is 4. The van der Waals surface area contributed by atoms with E-state index in [0.717, 1.165) is 35.4 Å². The largest absolute Gasteiger partial charge is 0.481 e. The number of nitrogens with zero attached hydrogens (tertiary/aromatic N) is 4. The van der Waals surface area contributed by atoms with Crippen LogP contribution in [0.25, 0.3) is 22.5 Å². The van der Waals surface area contributed by atoms with Crippen molar-refractivity contribution in [3.8, 4) is 28.4 Å². The van der Waals surface area contributed by atoms with Crippen LogP contribution < -0.4 is 4.74 Å². The normalized spacial score (nSPS) is 14.3. The summed E-state index contributed by atoms with van der Waals surface area (Å²) >= 11 is 0. The van der Waals surface area contributed by atoms with Crippen LogP contribution in [0.5, 0.6) is 5.88 Å². The Bertz CT molecular complexity index is 1210. The molecule has 1 aliphatic rings. The lowest BCUT2D eigenvalue weighted by Crippen LogP contribution is -2.39. The molecule has 1 saturated heterocycles. The average molecular weight is 439 g/mol. The maximum absolute atomic E-state index is 12.9. The maximum atomic E-state index is 12.9. The standard InChI is InChI=1S/C27H26N4O2/c1-33-26-13-12-22(19-28-26)27(32)30-16-14-23(15-17-30)31-25(21-10-6-3-7-11-21)18-24(29-31)20-8-4-2-5-9-20/h2-13,18-19,23H,14-17H2,1H3. The number of rotatable bonds is 5. The molecular formula is C27H26N4O2. The first-order chi connectivity index (χ1) is 16.2. The van der Waals surface area contributed by atoms with Gasteiger partial charge in [0.15, 0.2) is 0 Å². The van der Waals surface area contributed by atoms with Gasteiger partial charge in [0.05, 0.1) is 30.1 Å². The fourth-order valence-electron chi connectivity index (χ4n) is 4.37. The Morgan fingerprint density at radius 3 is 2.18 bits per heavy atom. The molecule has 0 radical (unpaired) electrons. The number of aromatic nitrogens is 3. The number of piperidine rings is 1. The van der Waals surface area contributed by atoms with Crippen molar-refractivity contribution in [1.82, 2.24) is 19.7 Å². The number of benzene rings is 2. The van der Waals surface area contributed by atoms with E-state index in [-0.39, 0.29) is 11.9 Å². The summed E-state index contributed by atoms with van der Waals surface area (Å²) in [4.78, 5) is 19.0. The summed E-state index contributed by atoms with van der Waals surface area (Å²) in [5, 5.41) is 5.02. The van der Waals surface area contributed by atoms with E-state index in [4.69, 9.17) is 9.84 Å². The molecule has 0 N–H and O–H groups in total. The Balaban J connectivity index is 1.37. The number of likely N-dealkylation sites (tertiary alicyclic amines) is 1. The second-order valence-corrected chi connectivity index (χ2v) is 8.20. The third kappa shape index (κ3) is 4.37. The van der Waals surface area contributed by atoms with Crippen LogP contribution in [0.4, 0.5) is 0 Å². The summed E-state index contributed by atoms with van der Waals surface area (Å²) in [6.07, 6.45) is 3.29. The van der Waals surface area contributed by atoms with Gasteiger partial charge in [0, 0.05) is 30.9 Å². The number of methoxy groups -OCH3 is 1. The van der Waals surface area contributed by atoms with Crippen LogP contribution in [-0.2, 0) is 0 Å². The van der Waals surface area contributed by atoms with E-state index >= 15 is 0 Å². The molecule has 33 heavy (non-hydrogen) atoms. The zero-order valence-corrected chi connectivity index (χ0v) is 18.6. The lowest BCUT2D eigenvalue weighted by atomic mass is 10.0. The van der Waals surface area contributed by atoms with Gasteiger partial charge in [-0.3, -0.25) is 9.48 Å². The van der Waals surface area contributed by atoms with Crippen molar-refractivity contribution in [1.29, 1.82) is 0 Å². The molecule has 0 atom stereocenters. The number of carbonyl (C=O) groups excluding carboxylic acids is 1. The van der Waals surface area contributed by atoms with Gasteiger partial charge in [-0.05, 0) is 30.5 Å². The molecule has 6 nitrogen and oxygen atoms in total. The molecule has 1 fully saturated rings. The van der Waals surface area contributed by atoms with Gasteiger partial charge >= 0.3 is 0 Å². The molecule has 166 valence electrons. The first-order valence-electron chi connectivity index (χ1n) is 11.2. The molecule has 1 aliphatic heterocycles. The quantitative estimate of drug-likeness (QED) is 0.435. The Morgan fingerprint density at radius 2 is 1.58 bits per heavy atom. The fourth-order valence-corrected chi connectivity index (χ4v) is 4.37. The van der Waals surface area contributed by atoms with E-state index in [1.807, 2.05) is 29.2 Å². The highest BCUT2D eigenvalue weighted by molar-refractivity contribution is 5.94. The van der Waals surface area contributed by atoms with Gasteiger partial charge in [-0.1, -0.05) is 60.7 Å². The van der Waals surface area contributed by atoms with Crippen LogP contribution in [-0.4, -0.2) is 45.8 Å². The summed E-state index contributed by atoms with van der Waals surface area (Å²) in [5.74, 6) is 0.518. The summed E-state index contributed by atoms with van der Waals surface area (Å²) in [6.45, 7) is 1.37. The van der Waals surface area contributed by atoms with Gasteiger partial charge in [-0.15, -0.1) is 0 Å². The van der Waals surface area contributed by atoms with Crippen LogP contribution in [0.3, 0.4) is 0 Å². The van der Waals surface area contributed by atoms with Crippen LogP contribution in [0.15, 0.2) is 85.1 Å². The van der Waals surface area contributed by atoms with Gasteiger partial charge in [-0.2, -0.15) is 5.10 Å². The molecule has 0 bridgehead atoms. The Labute approximate surface area is 193 Å². The first kappa shape index (κ1) is 20.9. The van der Waals surface area contributed by atoms with Gasteiger partial charge in [0.25, 0.3) is 5.91 Å². The van der Waals surface area contributed by atoms with E-state index in [0.29, 0.717) is 24.5 Å². The van der Waals surface area contributed by atoms with Crippen LogP contribution >= 0.6 is 0 Å². The molecular weight excluding hydrogens is 412 g/mol. The summed E-state index contributed by atoms with van der Waals surface area (Å²) < 4.78 is 7.25. The van der Waals surface area contributed by atoms with E-state index in [1.54, 1.807) is 25.4 Å². The Morgan fingerprint density at radius 1 is 0.909 bits per heavy atom. The first-order valence-corrected chi connectivity index (χ1v) is 11.2. The highest BCUT2D eigenvalue weighted by atomic mass is 16.5. The van der Waals surface area contributed by atoms with E-state index in [2.05, 4.69) is 52.1 Å². The second-order valence-electron chi connectivity index (χ2n) is 8.20. The molecule has 5 rings (SSSR count). The number of hydrogen-bond donors (Lipinski definition) is 0. The minimum Gasteiger partial charge on any atom is -0.481 e. The van der Waals surface area contributed by atoms with Crippen LogP contribution in [0.2, 0.25) is 0 Å². The molecule has 2 aromatic carbocycles. The minimum atomic E-state index is 0.0114. The molecule has 3 heterocycles. The third-order valence-corrected chi connectivity index (χ3v) is 6.16. The number of amides is 1. The highest BCUT2D eigenvalue weighted by Crippen LogP contribution is 2.32. The highest BCUT2D eigenvalue weighted by Gasteiger charge is 2.27. The third-order valence-electron chi connectivity index (χ3n) is 6.16. The Hall–Kier alpha value is -3.93. The number of ether oxygens (including phenoxy) is 1. The van der Waals surface area contributed by atoms with E-state index in [1.165, 1.54) is 0 Å². The SMILES string of the molecule is COc1ccc(C(=O)N2CCC(n3nc(-c4ccccc4)cc3-c3ccccc3)CC2)cn1. The topological polar surface area (TPSA) is 60.2 Å². The minimum absolute atomic E-state index is 0.0114. The van der Waals surface area contributed by atoms with Gasteiger partial charge in [-0.25, -0.2) is 4.98 Å². The summed E-state index contributed by atoms with van der Waals surface area (Å²) in [6, 6.07) is 26.5.